The van der Waals surface area contributed by atoms with Gasteiger partial charge in [0.25, 0.3) is 5.89 Å². The van der Waals surface area contributed by atoms with Crippen LogP contribution in [-0.4, -0.2) is 21.1 Å². The van der Waals surface area contributed by atoms with E-state index in [1.807, 2.05) is 30.3 Å². The summed E-state index contributed by atoms with van der Waals surface area (Å²) in [6, 6.07) is 9.96. The first-order chi connectivity index (χ1) is 9.38. The van der Waals surface area contributed by atoms with Gasteiger partial charge in [0.1, 0.15) is 5.69 Å². The molecule has 0 aliphatic heterocycles. The highest BCUT2D eigenvalue weighted by Crippen LogP contribution is 2.25. The zero-order chi connectivity index (χ0) is 13.1. The predicted molar refractivity (Wildman–Crippen MR) is 74.1 cm³/mol. The second-order valence-electron chi connectivity index (χ2n) is 4.17. The van der Waals surface area contributed by atoms with E-state index in [0.717, 1.165) is 22.9 Å². The minimum Gasteiger partial charge on any atom is -0.419 e. The first-order valence-corrected chi connectivity index (χ1v) is 6.64. The van der Waals surface area contributed by atoms with E-state index in [1.54, 1.807) is 6.20 Å². The van der Waals surface area contributed by atoms with Gasteiger partial charge in [-0.25, -0.2) is 0 Å². The molecule has 3 rings (SSSR count). The number of halogens is 1. The Kier molecular flexibility index (Phi) is 3.42. The maximum atomic E-state index is 5.65. The lowest BCUT2D eigenvalue weighted by Crippen LogP contribution is -1.85. The Labute approximate surface area is 115 Å². The standard InChI is InChI=1S/C14H12ClN3O/c15-8-3-6-12-17-18-14(19-12)13-11-5-2-1-4-10(11)7-9-16-13/h1-2,4-5,7,9H,3,6,8H2. The molecular formula is C14H12ClN3O. The molecule has 0 atom stereocenters. The molecule has 2 aromatic heterocycles. The van der Waals surface area contributed by atoms with Crippen LogP contribution in [0.4, 0.5) is 0 Å². The maximum Gasteiger partial charge on any atom is 0.266 e. The van der Waals surface area contributed by atoms with Crippen molar-refractivity contribution in [2.45, 2.75) is 12.8 Å². The highest BCUT2D eigenvalue weighted by atomic mass is 35.5. The van der Waals surface area contributed by atoms with Crippen LogP contribution in [0, 0.1) is 0 Å². The van der Waals surface area contributed by atoms with E-state index in [2.05, 4.69) is 15.2 Å². The molecule has 3 aromatic rings. The van der Waals surface area contributed by atoms with E-state index in [4.69, 9.17) is 16.0 Å². The third-order valence-electron chi connectivity index (χ3n) is 2.87. The van der Waals surface area contributed by atoms with Crippen LogP contribution in [0.5, 0.6) is 0 Å². The number of nitrogens with zero attached hydrogens (tertiary/aromatic N) is 3. The summed E-state index contributed by atoms with van der Waals surface area (Å²) >= 11 is 5.65. The zero-order valence-corrected chi connectivity index (χ0v) is 11.0. The van der Waals surface area contributed by atoms with Gasteiger partial charge in [0.05, 0.1) is 0 Å². The fourth-order valence-corrected chi connectivity index (χ4v) is 2.09. The number of fused-ring (bicyclic) bond motifs is 1. The Bertz CT molecular complexity index is 690. The van der Waals surface area contributed by atoms with Crippen molar-refractivity contribution in [2.75, 3.05) is 5.88 Å². The van der Waals surface area contributed by atoms with Crippen LogP contribution in [0.3, 0.4) is 0 Å². The SMILES string of the molecule is ClCCCc1nnc(-c2nccc3ccccc23)o1. The summed E-state index contributed by atoms with van der Waals surface area (Å²) < 4.78 is 5.64. The van der Waals surface area contributed by atoms with Crippen molar-refractivity contribution in [3.63, 3.8) is 0 Å². The van der Waals surface area contributed by atoms with E-state index in [-0.39, 0.29) is 0 Å². The average Bonchev–Trinajstić information content (AvgIpc) is 2.93. The summed E-state index contributed by atoms with van der Waals surface area (Å²) in [6.45, 7) is 0. The summed E-state index contributed by atoms with van der Waals surface area (Å²) in [6.07, 6.45) is 3.27. The largest absolute Gasteiger partial charge is 0.419 e. The Hall–Kier alpha value is -1.94. The third kappa shape index (κ3) is 2.44. The Morgan fingerprint density at radius 3 is 2.89 bits per heavy atom. The number of hydrogen-bond acceptors (Lipinski definition) is 4. The zero-order valence-electron chi connectivity index (χ0n) is 10.2. The van der Waals surface area contributed by atoms with Gasteiger partial charge in [0, 0.05) is 23.9 Å². The van der Waals surface area contributed by atoms with Crippen LogP contribution in [-0.2, 0) is 6.42 Å². The van der Waals surface area contributed by atoms with Crippen LogP contribution in [0.25, 0.3) is 22.4 Å². The van der Waals surface area contributed by atoms with Crippen molar-refractivity contribution in [2.24, 2.45) is 0 Å². The summed E-state index contributed by atoms with van der Waals surface area (Å²) in [4.78, 5) is 4.35. The second-order valence-corrected chi connectivity index (χ2v) is 4.55. The Morgan fingerprint density at radius 2 is 2.00 bits per heavy atom. The summed E-state index contributed by atoms with van der Waals surface area (Å²) in [5.74, 6) is 1.65. The lowest BCUT2D eigenvalue weighted by atomic mass is 10.1. The van der Waals surface area contributed by atoms with Crippen LogP contribution in [0.1, 0.15) is 12.3 Å². The van der Waals surface area contributed by atoms with Gasteiger partial charge in [-0.05, 0) is 17.9 Å². The molecule has 0 spiro atoms. The Morgan fingerprint density at radius 1 is 1.11 bits per heavy atom. The van der Waals surface area contributed by atoms with Gasteiger partial charge in [0.15, 0.2) is 0 Å². The van der Waals surface area contributed by atoms with E-state index in [1.165, 1.54) is 0 Å². The summed E-state index contributed by atoms with van der Waals surface area (Å²) in [5, 5.41) is 10.2. The van der Waals surface area contributed by atoms with Gasteiger partial charge in [-0.15, -0.1) is 21.8 Å². The molecule has 0 fully saturated rings. The van der Waals surface area contributed by atoms with Gasteiger partial charge in [-0.3, -0.25) is 4.98 Å². The quantitative estimate of drug-likeness (QED) is 0.683. The average molecular weight is 274 g/mol. The molecule has 0 unspecified atom stereocenters. The monoisotopic (exact) mass is 273 g/mol. The molecular weight excluding hydrogens is 262 g/mol. The van der Waals surface area contributed by atoms with Gasteiger partial charge in [-0.1, -0.05) is 24.3 Å². The number of alkyl halides is 1. The molecule has 0 aliphatic carbocycles. The molecule has 0 aliphatic rings. The minimum atomic E-state index is 0.460. The Balaban J connectivity index is 2.02. The lowest BCUT2D eigenvalue weighted by molar-refractivity contribution is 0.501. The third-order valence-corrected chi connectivity index (χ3v) is 3.13. The van der Waals surface area contributed by atoms with Gasteiger partial charge < -0.3 is 4.42 Å². The van der Waals surface area contributed by atoms with E-state index < -0.39 is 0 Å². The number of rotatable bonds is 4. The summed E-state index contributed by atoms with van der Waals surface area (Å²) in [5.41, 5.74) is 0.725. The van der Waals surface area contributed by atoms with Crippen molar-refractivity contribution in [1.29, 1.82) is 0 Å². The number of pyridine rings is 1. The van der Waals surface area contributed by atoms with Gasteiger partial charge in [0.2, 0.25) is 5.89 Å². The van der Waals surface area contributed by atoms with Crippen LogP contribution in [0.2, 0.25) is 0 Å². The summed E-state index contributed by atoms with van der Waals surface area (Å²) in [7, 11) is 0. The molecule has 0 amide bonds. The molecule has 0 saturated heterocycles. The van der Waals surface area contributed by atoms with Crippen molar-refractivity contribution in [3.05, 3.63) is 42.4 Å². The highest BCUT2D eigenvalue weighted by Gasteiger charge is 2.12. The molecule has 2 heterocycles. The number of aromatic nitrogens is 3. The number of benzene rings is 1. The molecule has 19 heavy (non-hydrogen) atoms. The topological polar surface area (TPSA) is 51.8 Å². The number of aryl methyl sites for hydroxylation is 1. The molecule has 96 valence electrons. The first-order valence-electron chi connectivity index (χ1n) is 6.11. The first kappa shape index (κ1) is 12.1. The molecule has 0 bridgehead atoms. The van der Waals surface area contributed by atoms with Crippen LogP contribution >= 0.6 is 11.6 Å². The second kappa shape index (κ2) is 5.36. The minimum absolute atomic E-state index is 0.460. The van der Waals surface area contributed by atoms with E-state index in [9.17, 15) is 0 Å². The highest BCUT2D eigenvalue weighted by molar-refractivity contribution is 6.17. The lowest BCUT2D eigenvalue weighted by Gasteiger charge is -2.00. The van der Waals surface area contributed by atoms with Crippen LogP contribution < -0.4 is 0 Å². The van der Waals surface area contributed by atoms with Gasteiger partial charge >= 0.3 is 0 Å². The molecule has 5 heteroatoms. The molecule has 0 N–H and O–H groups in total. The number of hydrogen-bond donors (Lipinski definition) is 0. The van der Waals surface area contributed by atoms with Crippen molar-refractivity contribution in [3.8, 4) is 11.6 Å². The molecule has 0 saturated carbocycles. The van der Waals surface area contributed by atoms with Crippen molar-refractivity contribution >= 4 is 22.4 Å². The molecule has 4 nitrogen and oxygen atoms in total. The maximum absolute atomic E-state index is 5.65. The predicted octanol–water partition coefficient (Wildman–Crippen LogP) is 3.46. The fourth-order valence-electron chi connectivity index (χ4n) is 1.96. The van der Waals surface area contributed by atoms with E-state index in [0.29, 0.717) is 24.1 Å². The van der Waals surface area contributed by atoms with Crippen molar-refractivity contribution in [1.82, 2.24) is 15.2 Å². The van der Waals surface area contributed by atoms with Crippen LogP contribution in [0.15, 0.2) is 40.9 Å². The fraction of sp³-hybridized carbons (Fsp3) is 0.214. The smallest absolute Gasteiger partial charge is 0.266 e. The molecule has 1 aromatic carbocycles. The molecule has 0 radical (unpaired) electrons. The van der Waals surface area contributed by atoms with Gasteiger partial charge in [-0.2, -0.15) is 0 Å². The van der Waals surface area contributed by atoms with E-state index >= 15 is 0 Å². The normalized spacial score (nSPS) is 11.0. The van der Waals surface area contributed by atoms with Crippen molar-refractivity contribution < 1.29 is 4.42 Å².